The first kappa shape index (κ1) is 13.2. The Bertz CT molecular complexity index is 505. The zero-order valence-corrected chi connectivity index (χ0v) is 11.6. The van der Waals surface area contributed by atoms with Crippen LogP contribution in [0.4, 0.5) is 0 Å². The normalized spacial score (nSPS) is 11.6. The lowest BCUT2D eigenvalue weighted by atomic mass is 10.3. The van der Waals surface area contributed by atoms with Gasteiger partial charge in [0.2, 0.25) is 0 Å². The van der Waals surface area contributed by atoms with Gasteiger partial charge in [-0.2, -0.15) is 0 Å². The van der Waals surface area contributed by atoms with E-state index in [4.69, 9.17) is 5.11 Å². The van der Waals surface area contributed by atoms with Gasteiger partial charge in [-0.05, 0) is 44.8 Å². The molecule has 0 unspecified atom stereocenters. The fourth-order valence-corrected chi connectivity index (χ4v) is 2.28. The van der Waals surface area contributed by atoms with E-state index >= 15 is 0 Å². The van der Waals surface area contributed by atoms with Gasteiger partial charge in [-0.1, -0.05) is 6.08 Å². The van der Waals surface area contributed by atoms with Crippen molar-refractivity contribution >= 4 is 37.8 Å². The summed E-state index contributed by atoms with van der Waals surface area (Å²) in [4.78, 5) is 22.2. The minimum absolute atomic E-state index is 0.197. The SMILES string of the molecule is C/C(=C/Cn1cc(Br)cc(Br)c1=O)C(=O)O. The lowest BCUT2D eigenvalue weighted by Gasteiger charge is -2.04. The highest BCUT2D eigenvalue weighted by Crippen LogP contribution is 2.12. The van der Waals surface area contributed by atoms with Crippen LogP contribution in [0.5, 0.6) is 0 Å². The minimum Gasteiger partial charge on any atom is -0.478 e. The van der Waals surface area contributed by atoms with Crippen LogP contribution in [-0.4, -0.2) is 15.6 Å². The molecule has 86 valence electrons. The summed E-state index contributed by atoms with van der Waals surface area (Å²) in [5.41, 5.74) is 0.0145. The first-order valence-corrected chi connectivity index (χ1v) is 5.96. The molecule has 1 N–H and O–H groups in total. The number of allylic oxidation sites excluding steroid dienone is 1. The van der Waals surface area contributed by atoms with Gasteiger partial charge < -0.3 is 9.67 Å². The van der Waals surface area contributed by atoms with E-state index in [1.807, 2.05) is 0 Å². The second kappa shape index (κ2) is 5.45. The van der Waals surface area contributed by atoms with Gasteiger partial charge in [0.1, 0.15) is 0 Å². The van der Waals surface area contributed by atoms with Crippen LogP contribution in [0, 0.1) is 0 Å². The zero-order chi connectivity index (χ0) is 12.3. The Labute approximate surface area is 109 Å². The number of pyridine rings is 1. The molecule has 0 aliphatic carbocycles. The minimum atomic E-state index is -0.984. The first-order valence-electron chi connectivity index (χ1n) is 4.37. The Balaban J connectivity index is 3.03. The molecule has 0 aromatic carbocycles. The van der Waals surface area contributed by atoms with E-state index in [-0.39, 0.29) is 17.7 Å². The molecule has 0 fully saturated rings. The summed E-state index contributed by atoms with van der Waals surface area (Å²) in [6, 6.07) is 1.65. The van der Waals surface area contributed by atoms with Crippen molar-refractivity contribution in [2.75, 3.05) is 0 Å². The van der Waals surface area contributed by atoms with Crippen molar-refractivity contribution in [2.45, 2.75) is 13.5 Å². The number of hydrogen-bond donors (Lipinski definition) is 1. The summed E-state index contributed by atoms with van der Waals surface area (Å²) in [5, 5.41) is 8.66. The number of nitrogens with zero attached hydrogens (tertiary/aromatic N) is 1. The summed E-state index contributed by atoms with van der Waals surface area (Å²) < 4.78 is 2.60. The molecule has 0 amide bonds. The zero-order valence-electron chi connectivity index (χ0n) is 8.41. The monoisotopic (exact) mass is 349 g/mol. The molecular weight excluding hydrogens is 342 g/mol. The molecule has 0 bridgehead atoms. The smallest absolute Gasteiger partial charge is 0.331 e. The third-order valence-electron chi connectivity index (χ3n) is 1.94. The molecule has 0 spiro atoms. The van der Waals surface area contributed by atoms with Crippen LogP contribution < -0.4 is 5.56 Å². The fourth-order valence-electron chi connectivity index (χ4n) is 1.02. The summed E-state index contributed by atoms with van der Waals surface area (Å²) in [6.07, 6.45) is 3.10. The van der Waals surface area contributed by atoms with Gasteiger partial charge in [0.25, 0.3) is 5.56 Å². The lowest BCUT2D eigenvalue weighted by Crippen LogP contribution is -2.19. The average molecular weight is 351 g/mol. The number of carboxylic acid groups (broad SMARTS) is 1. The van der Waals surface area contributed by atoms with Crippen molar-refractivity contribution in [3.63, 3.8) is 0 Å². The molecule has 0 saturated carbocycles. The highest BCUT2D eigenvalue weighted by atomic mass is 79.9. The Kier molecular flexibility index (Phi) is 4.49. The average Bonchev–Trinajstić information content (AvgIpc) is 2.20. The molecule has 1 aromatic rings. The standard InChI is InChI=1S/C10H9Br2NO3/c1-6(10(15)16)2-3-13-5-7(11)4-8(12)9(13)14/h2,4-5H,3H2,1H3,(H,15,16)/b6-2-. The van der Waals surface area contributed by atoms with Crippen molar-refractivity contribution in [1.29, 1.82) is 0 Å². The molecular formula is C10H9Br2NO3. The predicted molar refractivity (Wildman–Crippen MR) is 67.5 cm³/mol. The molecule has 1 heterocycles. The van der Waals surface area contributed by atoms with Gasteiger partial charge >= 0.3 is 5.97 Å². The second-order valence-corrected chi connectivity index (χ2v) is 4.93. The largest absolute Gasteiger partial charge is 0.478 e. The van der Waals surface area contributed by atoms with Crippen molar-refractivity contribution < 1.29 is 9.90 Å². The maximum Gasteiger partial charge on any atom is 0.331 e. The molecule has 1 rings (SSSR count). The van der Waals surface area contributed by atoms with Crippen molar-refractivity contribution in [2.24, 2.45) is 0 Å². The molecule has 0 radical (unpaired) electrons. The number of carbonyl (C=O) groups is 1. The van der Waals surface area contributed by atoms with Crippen LogP contribution >= 0.6 is 31.9 Å². The van der Waals surface area contributed by atoms with Crippen molar-refractivity contribution in [3.8, 4) is 0 Å². The summed E-state index contributed by atoms with van der Waals surface area (Å²) >= 11 is 6.39. The van der Waals surface area contributed by atoms with Crippen molar-refractivity contribution in [3.05, 3.63) is 43.2 Å². The molecule has 1 aromatic heterocycles. The summed E-state index contributed by atoms with van der Waals surface area (Å²) in [7, 11) is 0. The van der Waals surface area contributed by atoms with Gasteiger partial charge in [0.05, 0.1) is 4.47 Å². The van der Waals surface area contributed by atoms with Gasteiger partial charge in [0, 0.05) is 22.8 Å². The van der Waals surface area contributed by atoms with Gasteiger partial charge in [-0.3, -0.25) is 4.79 Å². The first-order chi connectivity index (χ1) is 7.41. The number of aromatic nitrogens is 1. The Hall–Kier alpha value is -0.880. The number of rotatable bonds is 3. The van der Waals surface area contributed by atoms with E-state index in [0.29, 0.717) is 4.47 Å². The molecule has 6 heteroatoms. The molecule has 0 aliphatic heterocycles. The topological polar surface area (TPSA) is 59.3 Å². The van der Waals surface area contributed by atoms with Crippen LogP contribution in [0.1, 0.15) is 6.92 Å². The highest BCUT2D eigenvalue weighted by Gasteiger charge is 2.03. The van der Waals surface area contributed by atoms with E-state index in [1.54, 1.807) is 12.3 Å². The van der Waals surface area contributed by atoms with Crippen LogP contribution in [0.2, 0.25) is 0 Å². The molecule has 0 saturated heterocycles. The number of aliphatic carboxylic acids is 1. The van der Waals surface area contributed by atoms with Crippen LogP contribution in [0.15, 0.2) is 37.7 Å². The van der Waals surface area contributed by atoms with E-state index < -0.39 is 5.97 Å². The Morgan fingerprint density at radius 2 is 2.19 bits per heavy atom. The van der Waals surface area contributed by atoms with Crippen LogP contribution in [0.3, 0.4) is 0 Å². The number of carboxylic acids is 1. The molecule has 0 atom stereocenters. The lowest BCUT2D eigenvalue weighted by molar-refractivity contribution is -0.132. The second-order valence-electron chi connectivity index (χ2n) is 3.16. The quantitative estimate of drug-likeness (QED) is 0.851. The van der Waals surface area contributed by atoms with Gasteiger partial charge in [-0.15, -0.1) is 0 Å². The highest BCUT2D eigenvalue weighted by molar-refractivity contribution is 9.11. The summed E-state index contributed by atoms with van der Waals surface area (Å²) in [5.74, 6) is -0.984. The predicted octanol–water partition coefficient (Wildman–Crippen LogP) is 2.40. The van der Waals surface area contributed by atoms with Gasteiger partial charge in [0.15, 0.2) is 0 Å². The van der Waals surface area contributed by atoms with E-state index in [0.717, 1.165) is 4.47 Å². The third-order valence-corrected chi connectivity index (χ3v) is 2.94. The molecule has 16 heavy (non-hydrogen) atoms. The van der Waals surface area contributed by atoms with Crippen LogP contribution in [-0.2, 0) is 11.3 Å². The fraction of sp³-hybridized carbons (Fsp3) is 0.200. The molecule has 4 nitrogen and oxygen atoms in total. The van der Waals surface area contributed by atoms with E-state index in [9.17, 15) is 9.59 Å². The maximum atomic E-state index is 11.6. The third kappa shape index (κ3) is 3.31. The Morgan fingerprint density at radius 1 is 1.56 bits per heavy atom. The summed E-state index contributed by atoms with van der Waals surface area (Å²) in [6.45, 7) is 1.72. The maximum absolute atomic E-state index is 11.6. The number of hydrogen-bond acceptors (Lipinski definition) is 2. The van der Waals surface area contributed by atoms with Gasteiger partial charge in [-0.25, -0.2) is 4.79 Å². The van der Waals surface area contributed by atoms with E-state index in [1.165, 1.54) is 17.6 Å². The number of halogens is 2. The van der Waals surface area contributed by atoms with E-state index in [2.05, 4.69) is 31.9 Å². The van der Waals surface area contributed by atoms with Crippen molar-refractivity contribution in [1.82, 2.24) is 4.57 Å². The molecule has 0 aliphatic rings. The Morgan fingerprint density at radius 3 is 2.75 bits per heavy atom. The van der Waals surface area contributed by atoms with Crippen LogP contribution in [0.25, 0.3) is 0 Å².